The van der Waals surface area contributed by atoms with E-state index < -0.39 is 0 Å². The largest absolute Gasteiger partial charge is 0.507 e. The zero-order valence-electron chi connectivity index (χ0n) is 11.1. The van der Waals surface area contributed by atoms with Crippen LogP contribution in [0.25, 0.3) is 0 Å². The van der Waals surface area contributed by atoms with E-state index in [0.29, 0.717) is 11.5 Å². The summed E-state index contributed by atoms with van der Waals surface area (Å²) < 4.78 is 0. The summed E-state index contributed by atoms with van der Waals surface area (Å²) in [6.07, 6.45) is 4.64. The molecule has 1 aromatic carbocycles. The van der Waals surface area contributed by atoms with Crippen molar-refractivity contribution in [2.45, 2.75) is 45.6 Å². The van der Waals surface area contributed by atoms with Gasteiger partial charge in [0.15, 0.2) is 0 Å². The van der Waals surface area contributed by atoms with Gasteiger partial charge in [0, 0.05) is 6.04 Å². The van der Waals surface area contributed by atoms with Crippen molar-refractivity contribution in [1.29, 1.82) is 0 Å². The van der Waals surface area contributed by atoms with Crippen molar-refractivity contribution in [3.05, 3.63) is 29.3 Å². The van der Waals surface area contributed by atoms with E-state index in [1.54, 1.807) is 25.1 Å². The van der Waals surface area contributed by atoms with Crippen LogP contribution in [0.1, 0.15) is 48.5 Å². The van der Waals surface area contributed by atoms with Gasteiger partial charge in [-0.25, -0.2) is 0 Å². The van der Waals surface area contributed by atoms with Crippen LogP contribution in [-0.2, 0) is 0 Å². The molecule has 98 valence electrons. The number of hydrogen-bond acceptors (Lipinski definition) is 2. The van der Waals surface area contributed by atoms with E-state index in [0.717, 1.165) is 12.0 Å². The van der Waals surface area contributed by atoms with E-state index in [9.17, 15) is 9.90 Å². The third kappa shape index (κ3) is 2.66. The van der Waals surface area contributed by atoms with Crippen LogP contribution in [0.15, 0.2) is 18.2 Å². The summed E-state index contributed by atoms with van der Waals surface area (Å²) >= 11 is 0. The lowest BCUT2D eigenvalue weighted by Gasteiger charge is -2.29. The van der Waals surface area contributed by atoms with E-state index in [4.69, 9.17) is 0 Å². The number of aryl methyl sites for hydroxylation is 1. The molecule has 1 amide bonds. The van der Waals surface area contributed by atoms with Crippen LogP contribution in [0.2, 0.25) is 0 Å². The van der Waals surface area contributed by atoms with Gasteiger partial charge in [-0.15, -0.1) is 0 Å². The van der Waals surface area contributed by atoms with Crippen LogP contribution in [0, 0.1) is 12.8 Å². The molecule has 0 aromatic heterocycles. The number of benzene rings is 1. The molecule has 0 radical (unpaired) electrons. The number of phenols is 1. The summed E-state index contributed by atoms with van der Waals surface area (Å²) in [7, 11) is 0. The Balaban J connectivity index is 2.09. The molecule has 1 saturated carbocycles. The van der Waals surface area contributed by atoms with Gasteiger partial charge in [0.05, 0.1) is 5.56 Å². The number of rotatable bonds is 2. The zero-order valence-corrected chi connectivity index (χ0v) is 11.1. The Morgan fingerprint density at radius 2 is 2.06 bits per heavy atom. The van der Waals surface area contributed by atoms with E-state index >= 15 is 0 Å². The maximum atomic E-state index is 12.2. The lowest BCUT2D eigenvalue weighted by atomic mass is 9.86. The fraction of sp³-hybridized carbons (Fsp3) is 0.533. The molecule has 1 aliphatic carbocycles. The van der Waals surface area contributed by atoms with Crippen molar-refractivity contribution in [3.63, 3.8) is 0 Å². The van der Waals surface area contributed by atoms with Gasteiger partial charge in [0.1, 0.15) is 5.75 Å². The highest BCUT2D eigenvalue weighted by Crippen LogP contribution is 2.25. The van der Waals surface area contributed by atoms with E-state index in [2.05, 4.69) is 12.2 Å². The predicted molar refractivity (Wildman–Crippen MR) is 71.7 cm³/mol. The maximum absolute atomic E-state index is 12.2. The molecule has 1 fully saturated rings. The highest BCUT2D eigenvalue weighted by Gasteiger charge is 2.24. The van der Waals surface area contributed by atoms with Crippen LogP contribution < -0.4 is 5.32 Å². The van der Waals surface area contributed by atoms with Crippen molar-refractivity contribution < 1.29 is 9.90 Å². The summed E-state index contributed by atoms with van der Waals surface area (Å²) in [4.78, 5) is 12.2. The minimum Gasteiger partial charge on any atom is -0.507 e. The summed E-state index contributed by atoms with van der Waals surface area (Å²) in [6.45, 7) is 3.98. The Morgan fingerprint density at radius 3 is 2.78 bits per heavy atom. The second-order valence-corrected chi connectivity index (χ2v) is 5.31. The van der Waals surface area contributed by atoms with Crippen LogP contribution in [0.4, 0.5) is 0 Å². The normalized spacial score (nSPS) is 23.7. The predicted octanol–water partition coefficient (Wildman–Crippen LogP) is 3.01. The molecule has 0 aliphatic heterocycles. The molecule has 0 bridgehead atoms. The fourth-order valence-electron chi connectivity index (χ4n) is 2.62. The highest BCUT2D eigenvalue weighted by atomic mass is 16.3. The average Bonchev–Trinajstić information content (AvgIpc) is 2.35. The van der Waals surface area contributed by atoms with Crippen molar-refractivity contribution >= 4 is 5.91 Å². The highest BCUT2D eigenvalue weighted by molar-refractivity contribution is 5.97. The number of nitrogens with one attached hydrogen (secondary N) is 1. The first kappa shape index (κ1) is 12.9. The van der Waals surface area contributed by atoms with E-state index in [1.165, 1.54) is 19.3 Å². The van der Waals surface area contributed by atoms with E-state index in [1.807, 2.05) is 0 Å². The average molecular weight is 247 g/mol. The maximum Gasteiger partial charge on any atom is 0.255 e. The summed E-state index contributed by atoms with van der Waals surface area (Å²) in [6, 6.07) is 5.51. The van der Waals surface area contributed by atoms with Gasteiger partial charge in [-0.1, -0.05) is 31.9 Å². The fourth-order valence-corrected chi connectivity index (χ4v) is 2.62. The summed E-state index contributed by atoms with van der Waals surface area (Å²) in [5.74, 6) is 0.461. The standard InChI is InChI=1S/C15H21NO2/c1-10-6-3-4-9-13(10)16-15(18)12-8-5-7-11(2)14(12)17/h5,7-8,10,13,17H,3-4,6,9H2,1-2H3,(H,16,18). The first-order chi connectivity index (χ1) is 8.59. The lowest BCUT2D eigenvalue weighted by Crippen LogP contribution is -2.41. The molecule has 1 aromatic rings. The Morgan fingerprint density at radius 1 is 1.33 bits per heavy atom. The van der Waals surface area contributed by atoms with Gasteiger partial charge in [-0.3, -0.25) is 4.79 Å². The second kappa shape index (κ2) is 5.42. The number of amides is 1. The molecular weight excluding hydrogens is 226 g/mol. The van der Waals surface area contributed by atoms with Crippen molar-refractivity contribution in [2.75, 3.05) is 0 Å². The molecule has 1 aliphatic rings. The smallest absolute Gasteiger partial charge is 0.255 e. The Kier molecular flexibility index (Phi) is 3.90. The van der Waals surface area contributed by atoms with Crippen molar-refractivity contribution in [2.24, 2.45) is 5.92 Å². The molecule has 2 atom stereocenters. The SMILES string of the molecule is Cc1cccc(C(=O)NC2CCCCC2C)c1O. The van der Waals surface area contributed by atoms with Gasteiger partial charge in [0.2, 0.25) is 0 Å². The monoisotopic (exact) mass is 247 g/mol. The number of hydrogen-bond donors (Lipinski definition) is 2. The van der Waals surface area contributed by atoms with Crippen LogP contribution in [0.3, 0.4) is 0 Å². The first-order valence-corrected chi connectivity index (χ1v) is 6.69. The number of carbonyl (C=O) groups is 1. The molecule has 18 heavy (non-hydrogen) atoms. The number of aromatic hydroxyl groups is 1. The second-order valence-electron chi connectivity index (χ2n) is 5.31. The summed E-state index contributed by atoms with van der Waals surface area (Å²) in [5, 5.41) is 13.0. The third-order valence-corrected chi connectivity index (χ3v) is 3.91. The Hall–Kier alpha value is -1.51. The van der Waals surface area contributed by atoms with Gasteiger partial charge >= 0.3 is 0 Å². The van der Waals surface area contributed by atoms with Gasteiger partial charge < -0.3 is 10.4 Å². The minimum absolute atomic E-state index is 0.0958. The molecule has 2 N–H and O–H groups in total. The van der Waals surface area contributed by atoms with E-state index in [-0.39, 0.29) is 17.7 Å². The number of carbonyl (C=O) groups excluding carboxylic acids is 1. The van der Waals surface area contributed by atoms with Gasteiger partial charge in [0.25, 0.3) is 5.91 Å². The van der Waals surface area contributed by atoms with Gasteiger partial charge in [-0.2, -0.15) is 0 Å². The number of phenolic OH excluding ortho intramolecular Hbond substituents is 1. The first-order valence-electron chi connectivity index (χ1n) is 6.69. The molecular formula is C15H21NO2. The molecule has 3 heteroatoms. The summed E-state index contributed by atoms with van der Waals surface area (Å²) in [5.41, 5.74) is 1.12. The van der Waals surface area contributed by atoms with Crippen LogP contribution in [-0.4, -0.2) is 17.1 Å². The van der Waals surface area contributed by atoms with Crippen LogP contribution >= 0.6 is 0 Å². The third-order valence-electron chi connectivity index (χ3n) is 3.91. The zero-order chi connectivity index (χ0) is 13.1. The molecule has 0 spiro atoms. The van der Waals surface area contributed by atoms with Crippen molar-refractivity contribution in [3.8, 4) is 5.75 Å². The molecule has 2 rings (SSSR count). The van der Waals surface area contributed by atoms with Crippen LogP contribution in [0.5, 0.6) is 5.75 Å². The molecule has 0 heterocycles. The topological polar surface area (TPSA) is 49.3 Å². The molecule has 3 nitrogen and oxygen atoms in total. The minimum atomic E-state index is -0.157. The Labute approximate surface area is 108 Å². The molecule has 0 saturated heterocycles. The quantitative estimate of drug-likeness (QED) is 0.844. The van der Waals surface area contributed by atoms with Gasteiger partial charge in [-0.05, 0) is 37.3 Å². The lowest BCUT2D eigenvalue weighted by molar-refractivity contribution is 0.0907. The van der Waals surface area contributed by atoms with Crippen molar-refractivity contribution in [1.82, 2.24) is 5.32 Å². The number of para-hydroxylation sites is 1. The Bertz CT molecular complexity index is 442. The molecule has 2 unspecified atom stereocenters.